The van der Waals surface area contributed by atoms with Crippen molar-refractivity contribution in [1.29, 1.82) is 0 Å². The van der Waals surface area contributed by atoms with Gasteiger partial charge in [-0.1, -0.05) is 18.2 Å². The first-order valence-electron chi connectivity index (χ1n) is 7.14. The van der Waals surface area contributed by atoms with Crippen LogP contribution in [0.15, 0.2) is 30.3 Å². The number of esters is 1. The van der Waals surface area contributed by atoms with Crippen LogP contribution in [0.1, 0.15) is 46.5 Å². The summed E-state index contributed by atoms with van der Waals surface area (Å²) < 4.78 is 8.02. The maximum absolute atomic E-state index is 10.4. The minimum absolute atomic E-state index is 0.149. The Bertz CT molecular complexity index is 306. The Kier molecular flexibility index (Phi) is 13.5. The summed E-state index contributed by atoms with van der Waals surface area (Å²) in [5.41, 5.74) is 0. The van der Waals surface area contributed by atoms with Gasteiger partial charge in [-0.3, -0.25) is 4.79 Å². The Morgan fingerprint density at radius 3 is 2.00 bits per heavy atom. The van der Waals surface area contributed by atoms with Crippen LogP contribution in [-0.4, -0.2) is 27.1 Å². The molecule has 1 aromatic carbocycles. The van der Waals surface area contributed by atoms with E-state index in [4.69, 9.17) is 4.74 Å². The van der Waals surface area contributed by atoms with E-state index in [1.54, 1.807) is 21.0 Å². The van der Waals surface area contributed by atoms with Crippen molar-refractivity contribution >= 4 is 27.1 Å². The Morgan fingerprint density at radius 2 is 1.58 bits per heavy atom. The van der Waals surface area contributed by atoms with Gasteiger partial charge in [0.1, 0.15) is 5.75 Å². The zero-order chi connectivity index (χ0) is 14.3. The molecule has 0 aliphatic heterocycles. The molecular formula is C16H26O2Sn. The molecule has 0 N–H and O–H groups in total. The average Bonchev–Trinajstić information content (AvgIpc) is 2.40. The number of carbonyl (C=O) groups is 1. The van der Waals surface area contributed by atoms with Crippen LogP contribution in [0.3, 0.4) is 0 Å². The topological polar surface area (TPSA) is 26.3 Å². The van der Waals surface area contributed by atoms with Crippen LogP contribution in [0.2, 0.25) is 8.87 Å². The van der Waals surface area contributed by atoms with Crippen molar-refractivity contribution < 1.29 is 9.53 Å². The van der Waals surface area contributed by atoms with Crippen molar-refractivity contribution in [3.63, 3.8) is 0 Å². The van der Waals surface area contributed by atoms with Gasteiger partial charge in [-0.15, -0.1) is 0 Å². The van der Waals surface area contributed by atoms with Crippen molar-refractivity contribution in [3.8, 4) is 5.75 Å². The molecular weight excluding hydrogens is 343 g/mol. The molecule has 2 nitrogen and oxygen atoms in total. The fourth-order valence-corrected chi connectivity index (χ4v) is 5.54. The molecule has 0 saturated heterocycles. The molecule has 106 valence electrons. The second kappa shape index (κ2) is 13.9. The monoisotopic (exact) mass is 370 g/mol. The van der Waals surface area contributed by atoms with Crippen LogP contribution in [0, 0.1) is 0 Å². The van der Waals surface area contributed by atoms with Crippen LogP contribution in [0.5, 0.6) is 5.75 Å². The Balaban J connectivity index is 0.000000344. The molecule has 19 heavy (non-hydrogen) atoms. The van der Waals surface area contributed by atoms with E-state index in [-0.39, 0.29) is 27.1 Å². The zero-order valence-electron chi connectivity index (χ0n) is 12.4. The molecule has 0 fully saturated rings. The molecule has 0 aliphatic carbocycles. The number of carbonyl (C=O) groups excluding carboxylic acids is 1. The third-order valence-corrected chi connectivity index (χ3v) is 6.46. The molecule has 0 atom stereocenters. The zero-order valence-corrected chi connectivity index (χ0v) is 15.3. The van der Waals surface area contributed by atoms with Crippen LogP contribution < -0.4 is 4.74 Å². The van der Waals surface area contributed by atoms with Crippen molar-refractivity contribution in [1.82, 2.24) is 0 Å². The van der Waals surface area contributed by atoms with Gasteiger partial charge in [-0.25, -0.2) is 0 Å². The third-order valence-electron chi connectivity index (χ3n) is 2.42. The van der Waals surface area contributed by atoms with Gasteiger partial charge in [0, 0.05) is 6.92 Å². The number of benzene rings is 1. The van der Waals surface area contributed by atoms with Crippen LogP contribution in [0.4, 0.5) is 0 Å². The predicted octanol–water partition coefficient (Wildman–Crippen LogP) is 4.74. The van der Waals surface area contributed by atoms with Gasteiger partial charge < -0.3 is 4.74 Å². The fourth-order valence-electron chi connectivity index (χ4n) is 1.38. The molecule has 0 spiro atoms. The quantitative estimate of drug-likeness (QED) is 0.300. The van der Waals surface area contributed by atoms with Crippen molar-refractivity contribution in [2.24, 2.45) is 0 Å². The maximum atomic E-state index is 10.4. The summed E-state index contributed by atoms with van der Waals surface area (Å²) in [7, 11) is 0. The van der Waals surface area contributed by atoms with Gasteiger partial charge in [0.2, 0.25) is 0 Å². The van der Waals surface area contributed by atoms with Gasteiger partial charge in [0.05, 0.1) is 0 Å². The van der Waals surface area contributed by atoms with Gasteiger partial charge in [-0.05, 0) is 12.1 Å². The van der Waals surface area contributed by atoms with E-state index in [9.17, 15) is 4.79 Å². The van der Waals surface area contributed by atoms with E-state index < -0.39 is 0 Å². The second-order valence-corrected chi connectivity index (χ2v) is 8.64. The van der Waals surface area contributed by atoms with E-state index in [1.165, 1.54) is 32.6 Å². The van der Waals surface area contributed by atoms with E-state index in [0.717, 1.165) is 0 Å². The molecule has 0 heterocycles. The Morgan fingerprint density at radius 1 is 1.05 bits per heavy atom. The molecule has 0 aromatic heterocycles. The number of ether oxygens (including phenoxy) is 1. The normalized spacial score (nSPS) is 9.42. The summed E-state index contributed by atoms with van der Waals surface area (Å²) in [6, 6.07) is 8.98. The minimum atomic E-state index is -0.286. The molecule has 3 heteroatoms. The SMILES string of the molecule is CC(=O)Oc1ccccc1.CCC[CH2][Sn][CH2]CCC. The van der Waals surface area contributed by atoms with E-state index >= 15 is 0 Å². The first-order valence-corrected chi connectivity index (χ1v) is 11.2. The van der Waals surface area contributed by atoms with Gasteiger partial charge >= 0.3 is 75.5 Å². The number of para-hydroxylation sites is 1. The molecule has 1 rings (SSSR count). The van der Waals surface area contributed by atoms with E-state index in [2.05, 4.69) is 13.8 Å². The van der Waals surface area contributed by atoms with Gasteiger partial charge in [0.25, 0.3) is 0 Å². The van der Waals surface area contributed by atoms with Crippen LogP contribution in [0.25, 0.3) is 0 Å². The molecule has 0 unspecified atom stereocenters. The number of hydrogen-bond acceptors (Lipinski definition) is 2. The molecule has 0 bridgehead atoms. The summed E-state index contributed by atoms with van der Waals surface area (Å²) >= 11 is 0.149. The first kappa shape index (κ1) is 18.5. The van der Waals surface area contributed by atoms with Crippen LogP contribution in [-0.2, 0) is 4.79 Å². The molecule has 1 aromatic rings. The average molecular weight is 369 g/mol. The molecule has 0 amide bonds. The molecule has 0 aliphatic rings. The Labute approximate surface area is 128 Å². The first-order chi connectivity index (χ1) is 9.20. The summed E-state index contributed by atoms with van der Waals surface area (Å²) in [4.78, 5) is 10.4. The van der Waals surface area contributed by atoms with Crippen LogP contribution >= 0.6 is 0 Å². The summed E-state index contributed by atoms with van der Waals surface area (Å²) in [5.74, 6) is 0.307. The Hall–Kier alpha value is -0.511. The summed E-state index contributed by atoms with van der Waals surface area (Å²) in [5, 5.41) is 0. The molecule has 2 radical (unpaired) electrons. The third kappa shape index (κ3) is 13.7. The van der Waals surface area contributed by atoms with Crippen molar-refractivity contribution in [3.05, 3.63) is 30.3 Å². The van der Waals surface area contributed by atoms with Crippen molar-refractivity contribution in [2.75, 3.05) is 0 Å². The van der Waals surface area contributed by atoms with Crippen molar-refractivity contribution in [2.45, 2.75) is 55.3 Å². The standard InChI is InChI=1S/C8H8O2.2C4H9.Sn/c1-7(9)10-8-5-3-2-4-6-8;2*1-3-4-2;/h2-6H,1H3;2*1,3-4H2,2H3;. The second-order valence-electron chi connectivity index (χ2n) is 4.36. The van der Waals surface area contributed by atoms with Gasteiger partial charge in [-0.2, -0.15) is 0 Å². The number of hydrogen-bond donors (Lipinski definition) is 0. The number of rotatable bonds is 7. The van der Waals surface area contributed by atoms with E-state index in [0.29, 0.717) is 5.75 Å². The molecule has 0 saturated carbocycles. The van der Waals surface area contributed by atoms with E-state index in [1.807, 2.05) is 18.2 Å². The van der Waals surface area contributed by atoms with Gasteiger partial charge in [0.15, 0.2) is 0 Å². The number of unbranched alkanes of at least 4 members (excludes halogenated alkanes) is 2. The summed E-state index contributed by atoms with van der Waals surface area (Å²) in [6.45, 7) is 5.96. The predicted molar refractivity (Wildman–Crippen MR) is 82.9 cm³/mol. The fraction of sp³-hybridized carbons (Fsp3) is 0.562. The summed E-state index contributed by atoms with van der Waals surface area (Å²) in [6.07, 6.45) is 5.84.